The zero-order valence-electron chi connectivity index (χ0n) is 11.0. The van der Waals surface area contributed by atoms with Crippen molar-refractivity contribution in [2.45, 2.75) is 13.8 Å². The summed E-state index contributed by atoms with van der Waals surface area (Å²) in [6.45, 7) is 4.32. The first-order valence-corrected chi connectivity index (χ1v) is 6.57. The van der Waals surface area contributed by atoms with Crippen LogP contribution in [0.4, 0.5) is 0 Å². The van der Waals surface area contributed by atoms with Crippen molar-refractivity contribution in [2.24, 2.45) is 0 Å². The fraction of sp³-hybridized carbons (Fsp3) is 0.118. The van der Waals surface area contributed by atoms with Gasteiger partial charge in [0.1, 0.15) is 0 Å². The van der Waals surface area contributed by atoms with Gasteiger partial charge in [0.25, 0.3) is 0 Å². The number of para-hydroxylation sites is 1. The Kier molecular flexibility index (Phi) is 1.99. The number of rotatable bonds is 0. The van der Waals surface area contributed by atoms with E-state index in [0.717, 1.165) is 0 Å². The van der Waals surface area contributed by atoms with E-state index in [2.05, 4.69) is 60.2 Å². The molecule has 2 N–H and O–H groups in total. The van der Waals surface area contributed by atoms with Crippen LogP contribution < -0.4 is 4.98 Å². The Morgan fingerprint density at radius 2 is 1.74 bits per heavy atom. The molecule has 2 heteroatoms. The Hall–Kier alpha value is -2.35. The van der Waals surface area contributed by atoms with Crippen LogP contribution in [0, 0.1) is 13.8 Å². The molecule has 0 aliphatic rings. The number of fused-ring (bicyclic) bond motifs is 4. The monoisotopic (exact) mass is 247 g/mol. The summed E-state index contributed by atoms with van der Waals surface area (Å²) in [6.07, 6.45) is 2.01. The van der Waals surface area contributed by atoms with Gasteiger partial charge in [0, 0.05) is 28.9 Å². The minimum Gasteiger partial charge on any atom is -0.365 e. The third-order valence-corrected chi connectivity index (χ3v) is 4.06. The first kappa shape index (κ1) is 10.6. The fourth-order valence-corrected chi connectivity index (χ4v) is 3.02. The molecule has 4 rings (SSSR count). The number of hydrogen-bond donors (Lipinski definition) is 1. The summed E-state index contributed by atoms with van der Waals surface area (Å²) < 4.78 is 0. The number of aromatic amines is 2. The Bertz CT molecular complexity index is 932. The summed E-state index contributed by atoms with van der Waals surface area (Å²) in [5.41, 5.74) is 4.99. The Morgan fingerprint density at radius 3 is 2.63 bits per heavy atom. The van der Waals surface area contributed by atoms with Crippen LogP contribution in [0.1, 0.15) is 11.3 Å². The molecule has 0 saturated carbocycles. The van der Waals surface area contributed by atoms with Crippen molar-refractivity contribution >= 4 is 32.6 Å². The van der Waals surface area contributed by atoms with E-state index in [-0.39, 0.29) is 0 Å². The largest absolute Gasteiger partial charge is 0.365 e. The van der Waals surface area contributed by atoms with Crippen LogP contribution in [-0.2, 0) is 0 Å². The molecule has 0 spiro atoms. The van der Waals surface area contributed by atoms with Crippen molar-refractivity contribution in [2.75, 3.05) is 0 Å². The fourth-order valence-electron chi connectivity index (χ4n) is 3.02. The molecule has 19 heavy (non-hydrogen) atoms. The summed E-state index contributed by atoms with van der Waals surface area (Å²) in [7, 11) is 0. The smallest absolute Gasteiger partial charge is 0.215 e. The molecule has 0 aliphatic carbocycles. The SMILES string of the molecule is Cc1[nH]ccc2c(C)c3[nH+]c4ccccc4c3cc12. The quantitative estimate of drug-likeness (QED) is 0.488. The van der Waals surface area contributed by atoms with Gasteiger partial charge in [0.05, 0.1) is 10.8 Å². The first-order chi connectivity index (χ1) is 9.25. The van der Waals surface area contributed by atoms with Crippen molar-refractivity contribution in [3.63, 3.8) is 0 Å². The van der Waals surface area contributed by atoms with Gasteiger partial charge >= 0.3 is 0 Å². The summed E-state index contributed by atoms with van der Waals surface area (Å²) in [5.74, 6) is 0. The molecule has 2 aromatic heterocycles. The molecule has 0 aliphatic heterocycles. The number of H-pyrrole nitrogens is 2. The van der Waals surface area contributed by atoms with Gasteiger partial charge in [0.2, 0.25) is 11.0 Å². The summed E-state index contributed by atoms with van der Waals surface area (Å²) in [6, 6.07) is 12.9. The molecule has 4 aromatic rings. The van der Waals surface area contributed by atoms with E-state index >= 15 is 0 Å². The molecular weight excluding hydrogens is 232 g/mol. The minimum absolute atomic E-state index is 1.21. The van der Waals surface area contributed by atoms with E-state index in [1.54, 1.807) is 0 Å². The van der Waals surface area contributed by atoms with Crippen LogP contribution in [0.5, 0.6) is 0 Å². The normalized spacial score (nSPS) is 11.7. The highest BCUT2D eigenvalue weighted by molar-refractivity contribution is 6.11. The van der Waals surface area contributed by atoms with E-state index in [1.807, 2.05) is 6.20 Å². The highest BCUT2D eigenvalue weighted by Gasteiger charge is 2.16. The van der Waals surface area contributed by atoms with Crippen LogP contribution in [0.3, 0.4) is 0 Å². The van der Waals surface area contributed by atoms with Crippen molar-refractivity contribution in [1.29, 1.82) is 0 Å². The summed E-state index contributed by atoms with van der Waals surface area (Å²) >= 11 is 0. The lowest BCUT2D eigenvalue weighted by Gasteiger charge is -2.04. The van der Waals surface area contributed by atoms with E-state index in [0.29, 0.717) is 0 Å². The van der Waals surface area contributed by atoms with Gasteiger partial charge in [-0.25, -0.2) is 4.98 Å². The number of aryl methyl sites for hydroxylation is 2. The van der Waals surface area contributed by atoms with Gasteiger partial charge in [-0.2, -0.15) is 0 Å². The van der Waals surface area contributed by atoms with Crippen LogP contribution >= 0.6 is 0 Å². The molecule has 2 aromatic carbocycles. The lowest BCUT2D eigenvalue weighted by molar-refractivity contribution is -0.308. The van der Waals surface area contributed by atoms with Gasteiger partial charge in [0.15, 0.2) is 0 Å². The second-order valence-electron chi connectivity index (χ2n) is 5.16. The average molecular weight is 247 g/mol. The Morgan fingerprint density at radius 1 is 0.895 bits per heavy atom. The van der Waals surface area contributed by atoms with Crippen LogP contribution in [0.15, 0.2) is 42.6 Å². The van der Waals surface area contributed by atoms with Crippen molar-refractivity contribution < 1.29 is 4.98 Å². The topological polar surface area (TPSA) is 29.9 Å². The van der Waals surface area contributed by atoms with Gasteiger partial charge in [-0.3, -0.25) is 0 Å². The van der Waals surface area contributed by atoms with Crippen LogP contribution in [-0.4, -0.2) is 4.98 Å². The molecule has 0 atom stereocenters. The minimum atomic E-state index is 1.21. The van der Waals surface area contributed by atoms with Crippen LogP contribution in [0.25, 0.3) is 32.6 Å². The van der Waals surface area contributed by atoms with E-state index < -0.39 is 0 Å². The maximum atomic E-state index is 3.55. The standard InChI is InChI=1S/C17H14N2/c1-10-12-7-8-18-11(2)14(12)9-15-13-5-3-4-6-16(13)19-17(10)15/h3-9,18H,1-2H3/p+1. The first-order valence-electron chi connectivity index (χ1n) is 6.57. The number of aromatic nitrogens is 2. The molecule has 0 amide bonds. The van der Waals surface area contributed by atoms with E-state index in [9.17, 15) is 0 Å². The molecule has 0 saturated heterocycles. The lowest BCUT2D eigenvalue weighted by Crippen LogP contribution is -2.00. The van der Waals surface area contributed by atoms with Crippen LogP contribution in [0.2, 0.25) is 0 Å². The molecule has 0 radical (unpaired) electrons. The molecule has 0 fully saturated rings. The predicted octanol–water partition coefficient (Wildman–Crippen LogP) is 3.91. The second-order valence-corrected chi connectivity index (χ2v) is 5.16. The summed E-state index contributed by atoms with van der Waals surface area (Å²) in [4.78, 5) is 6.84. The predicted molar refractivity (Wildman–Crippen MR) is 79.3 cm³/mol. The molecule has 92 valence electrons. The second kappa shape index (κ2) is 3.58. The zero-order valence-corrected chi connectivity index (χ0v) is 11.0. The maximum absolute atomic E-state index is 3.55. The van der Waals surface area contributed by atoms with E-state index in [1.165, 1.54) is 43.8 Å². The zero-order chi connectivity index (χ0) is 13.0. The third-order valence-electron chi connectivity index (χ3n) is 4.06. The molecule has 2 heterocycles. The maximum Gasteiger partial charge on any atom is 0.215 e. The Balaban J connectivity index is 2.34. The number of pyridine rings is 1. The van der Waals surface area contributed by atoms with Gasteiger partial charge in [-0.1, -0.05) is 12.1 Å². The summed E-state index contributed by atoms with van der Waals surface area (Å²) in [5, 5.41) is 5.22. The highest BCUT2D eigenvalue weighted by Crippen LogP contribution is 2.31. The van der Waals surface area contributed by atoms with Crippen molar-refractivity contribution in [3.8, 4) is 0 Å². The third kappa shape index (κ3) is 1.34. The van der Waals surface area contributed by atoms with Crippen molar-refractivity contribution in [1.82, 2.24) is 4.98 Å². The molecule has 2 nitrogen and oxygen atoms in total. The Labute approximate surface area is 111 Å². The number of nitrogens with one attached hydrogen (secondary N) is 2. The number of hydrogen-bond acceptors (Lipinski definition) is 0. The average Bonchev–Trinajstić information content (AvgIpc) is 2.80. The van der Waals surface area contributed by atoms with Gasteiger partial charge in [-0.05, 0) is 37.4 Å². The molecule has 0 unspecified atom stereocenters. The van der Waals surface area contributed by atoms with E-state index in [4.69, 9.17) is 0 Å². The highest BCUT2D eigenvalue weighted by atomic mass is 14.7. The molecule has 0 bridgehead atoms. The molecular formula is C17H15N2+. The van der Waals surface area contributed by atoms with Crippen molar-refractivity contribution in [3.05, 3.63) is 53.9 Å². The lowest BCUT2D eigenvalue weighted by atomic mass is 10.0. The number of benzene rings is 2. The van der Waals surface area contributed by atoms with Gasteiger partial charge < -0.3 is 4.98 Å². The van der Waals surface area contributed by atoms with Gasteiger partial charge in [-0.15, -0.1) is 0 Å².